The zero-order valence-electron chi connectivity index (χ0n) is 10.6. The Kier molecular flexibility index (Phi) is 5.07. The fourth-order valence-electron chi connectivity index (χ4n) is 2.03. The third kappa shape index (κ3) is 4.12. The first-order valence-corrected chi connectivity index (χ1v) is 6.33. The zero-order valence-corrected chi connectivity index (χ0v) is 10.6. The smallest absolute Gasteiger partial charge is 0.149 e. The van der Waals surface area contributed by atoms with Gasteiger partial charge in [0, 0.05) is 26.2 Å². The molecule has 1 fully saturated rings. The van der Waals surface area contributed by atoms with Crippen LogP contribution in [0, 0.1) is 11.6 Å². The molecule has 1 aliphatic heterocycles. The highest BCUT2D eigenvalue weighted by Crippen LogP contribution is 2.17. The van der Waals surface area contributed by atoms with E-state index in [0.717, 1.165) is 13.1 Å². The molecule has 0 bridgehead atoms. The molecule has 2 N–H and O–H groups in total. The number of aliphatic hydroxyl groups excluding tert-OH is 1. The van der Waals surface area contributed by atoms with Gasteiger partial charge in [-0.15, -0.1) is 0 Å². The number of halogens is 2. The summed E-state index contributed by atoms with van der Waals surface area (Å²) in [5.74, 6) is -1.31. The SMILES string of the molecule is OC(CNc1c(F)cccc1F)CN1CCOCC1. The maximum absolute atomic E-state index is 13.3. The maximum Gasteiger partial charge on any atom is 0.149 e. The molecule has 1 aromatic rings. The van der Waals surface area contributed by atoms with Crippen molar-refractivity contribution < 1.29 is 18.6 Å². The molecular weight excluding hydrogens is 254 g/mol. The first kappa shape index (κ1) is 14.2. The quantitative estimate of drug-likeness (QED) is 0.841. The highest BCUT2D eigenvalue weighted by molar-refractivity contribution is 5.46. The van der Waals surface area contributed by atoms with E-state index >= 15 is 0 Å². The maximum atomic E-state index is 13.3. The van der Waals surface area contributed by atoms with E-state index in [1.165, 1.54) is 18.2 Å². The van der Waals surface area contributed by atoms with Crippen LogP contribution < -0.4 is 5.32 Å². The van der Waals surface area contributed by atoms with Crippen molar-refractivity contribution in [2.24, 2.45) is 0 Å². The summed E-state index contributed by atoms with van der Waals surface area (Å²) >= 11 is 0. The molecule has 0 aliphatic carbocycles. The fourth-order valence-corrected chi connectivity index (χ4v) is 2.03. The second kappa shape index (κ2) is 6.79. The molecule has 4 nitrogen and oxygen atoms in total. The van der Waals surface area contributed by atoms with E-state index in [-0.39, 0.29) is 12.2 Å². The van der Waals surface area contributed by atoms with Crippen molar-refractivity contribution in [1.82, 2.24) is 4.90 Å². The highest BCUT2D eigenvalue weighted by atomic mass is 19.1. The highest BCUT2D eigenvalue weighted by Gasteiger charge is 2.16. The minimum Gasteiger partial charge on any atom is -0.390 e. The number of nitrogens with one attached hydrogen (secondary N) is 1. The number of anilines is 1. The summed E-state index contributed by atoms with van der Waals surface area (Å²) in [6.45, 7) is 3.42. The van der Waals surface area contributed by atoms with E-state index in [1.807, 2.05) is 0 Å². The molecule has 19 heavy (non-hydrogen) atoms. The summed E-state index contributed by atoms with van der Waals surface area (Å²) in [4.78, 5) is 2.06. The fraction of sp³-hybridized carbons (Fsp3) is 0.538. The summed E-state index contributed by atoms with van der Waals surface area (Å²) in [5.41, 5.74) is -0.191. The Labute approximate surface area is 111 Å². The molecule has 0 amide bonds. The number of aliphatic hydroxyl groups is 1. The molecule has 0 radical (unpaired) electrons. The predicted octanol–water partition coefficient (Wildman–Crippen LogP) is 1.07. The van der Waals surface area contributed by atoms with Gasteiger partial charge in [-0.1, -0.05) is 6.07 Å². The standard InChI is InChI=1S/C13H18F2N2O2/c14-11-2-1-3-12(15)13(11)16-8-10(18)9-17-4-6-19-7-5-17/h1-3,10,16,18H,4-9H2. The van der Waals surface area contributed by atoms with Gasteiger partial charge in [0.25, 0.3) is 0 Å². The number of β-amino-alcohol motifs (C(OH)–C–C–N with tert-alkyl or cyclic N) is 1. The van der Waals surface area contributed by atoms with Gasteiger partial charge in [-0.25, -0.2) is 8.78 Å². The Morgan fingerprint density at radius 2 is 1.89 bits per heavy atom. The van der Waals surface area contributed by atoms with E-state index in [4.69, 9.17) is 4.74 Å². The Bertz CT molecular complexity index is 391. The van der Waals surface area contributed by atoms with Crippen LogP contribution >= 0.6 is 0 Å². The number of hydrogen-bond donors (Lipinski definition) is 2. The lowest BCUT2D eigenvalue weighted by Crippen LogP contribution is -2.42. The number of hydrogen-bond acceptors (Lipinski definition) is 4. The van der Waals surface area contributed by atoms with Crippen LogP contribution in [0.3, 0.4) is 0 Å². The van der Waals surface area contributed by atoms with E-state index in [9.17, 15) is 13.9 Å². The van der Waals surface area contributed by atoms with Crippen molar-refractivity contribution in [2.75, 3.05) is 44.7 Å². The Morgan fingerprint density at radius 1 is 1.26 bits per heavy atom. The molecule has 1 aromatic carbocycles. The number of benzene rings is 1. The van der Waals surface area contributed by atoms with Gasteiger partial charge in [-0.2, -0.15) is 0 Å². The summed E-state index contributed by atoms with van der Waals surface area (Å²) in [7, 11) is 0. The summed E-state index contributed by atoms with van der Waals surface area (Å²) in [6, 6.07) is 3.67. The van der Waals surface area contributed by atoms with Gasteiger partial charge in [0.2, 0.25) is 0 Å². The topological polar surface area (TPSA) is 44.7 Å². The first-order chi connectivity index (χ1) is 9.16. The largest absolute Gasteiger partial charge is 0.390 e. The first-order valence-electron chi connectivity index (χ1n) is 6.33. The van der Waals surface area contributed by atoms with Crippen LogP contribution in [0.15, 0.2) is 18.2 Å². The van der Waals surface area contributed by atoms with Crippen LogP contribution in [0.4, 0.5) is 14.5 Å². The Balaban J connectivity index is 1.81. The monoisotopic (exact) mass is 272 g/mol. The molecule has 1 atom stereocenters. The molecule has 0 spiro atoms. The zero-order chi connectivity index (χ0) is 13.7. The average Bonchev–Trinajstić information content (AvgIpc) is 2.39. The van der Waals surface area contributed by atoms with Crippen LogP contribution in [-0.4, -0.2) is 55.5 Å². The van der Waals surface area contributed by atoms with Crippen LogP contribution in [0.25, 0.3) is 0 Å². The molecule has 0 saturated carbocycles. The van der Waals surface area contributed by atoms with Crippen LogP contribution in [-0.2, 0) is 4.74 Å². The number of ether oxygens (including phenoxy) is 1. The third-order valence-electron chi connectivity index (χ3n) is 3.05. The molecule has 1 aliphatic rings. The van der Waals surface area contributed by atoms with Crippen molar-refractivity contribution in [3.05, 3.63) is 29.8 Å². The summed E-state index contributed by atoms with van der Waals surface area (Å²) in [6.07, 6.45) is -0.683. The second-order valence-electron chi connectivity index (χ2n) is 4.54. The van der Waals surface area contributed by atoms with Crippen molar-refractivity contribution in [2.45, 2.75) is 6.10 Å². The van der Waals surface area contributed by atoms with Crippen LogP contribution in [0.5, 0.6) is 0 Å². The molecule has 2 rings (SSSR count). The van der Waals surface area contributed by atoms with Gasteiger partial charge < -0.3 is 15.2 Å². The van der Waals surface area contributed by atoms with Crippen molar-refractivity contribution in [1.29, 1.82) is 0 Å². The Hall–Kier alpha value is -1.24. The number of para-hydroxylation sites is 1. The predicted molar refractivity (Wildman–Crippen MR) is 68.1 cm³/mol. The minimum atomic E-state index is -0.683. The van der Waals surface area contributed by atoms with Gasteiger partial charge in [0.15, 0.2) is 0 Å². The molecule has 1 unspecified atom stereocenters. The lowest BCUT2D eigenvalue weighted by Gasteiger charge is -2.28. The van der Waals surface area contributed by atoms with E-state index < -0.39 is 17.7 Å². The minimum absolute atomic E-state index is 0.106. The van der Waals surface area contributed by atoms with E-state index in [1.54, 1.807) is 0 Å². The number of morpholine rings is 1. The lowest BCUT2D eigenvalue weighted by atomic mass is 10.2. The van der Waals surface area contributed by atoms with E-state index in [0.29, 0.717) is 19.8 Å². The van der Waals surface area contributed by atoms with Gasteiger partial charge in [0.1, 0.15) is 17.3 Å². The summed E-state index contributed by atoms with van der Waals surface area (Å²) < 4.78 is 31.9. The van der Waals surface area contributed by atoms with Gasteiger partial charge in [0.05, 0.1) is 19.3 Å². The van der Waals surface area contributed by atoms with Crippen LogP contribution in [0.1, 0.15) is 0 Å². The average molecular weight is 272 g/mol. The van der Waals surface area contributed by atoms with E-state index in [2.05, 4.69) is 10.2 Å². The molecular formula is C13H18F2N2O2. The molecule has 1 heterocycles. The lowest BCUT2D eigenvalue weighted by molar-refractivity contribution is 0.0171. The molecule has 0 aromatic heterocycles. The van der Waals surface area contributed by atoms with Gasteiger partial charge >= 0.3 is 0 Å². The van der Waals surface area contributed by atoms with Crippen molar-refractivity contribution in [3.63, 3.8) is 0 Å². The summed E-state index contributed by atoms with van der Waals surface area (Å²) in [5, 5.41) is 12.5. The van der Waals surface area contributed by atoms with Crippen molar-refractivity contribution >= 4 is 5.69 Å². The van der Waals surface area contributed by atoms with Crippen molar-refractivity contribution in [3.8, 4) is 0 Å². The third-order valence-corrected chi connectivity index (χ3v) is 3.05. The number of rotatable bonds is 5. The Morgan fingerprint density at radius 3 is 2.53 bits per heavy atom. The molecule has 1 saturated heterocycles. The normalized spacial score (nSPS) is 18.3. The second-order valence-corrected chi connectivity index (χ2v) is 4.54. The van der Waals surface area contributed by atoms with Gasteiger partial charge in [-0.05, 0) is 12.1 Å². The number of nitrogens with zero attached hydrogens (tertiary/aromatic N) is 1. The molecule has 106 valence electrons. The van der Waals surface area contributed by atoms with Crippen LogP contribution in [0.2, 0.25) is 0 Å². The molecule has 6 heteroatoms. The van der Waals surface area contributed by atoms with Gasteiger partial charge in [-0.3, -0.25) is 4.90 Å².